The van der Waals surface area contributed by atoms with Gasteiger partial charge in [-0.1, -0.05) is 29.3 Å². The SMILES string of the molecule is CC(NC(=O)CCc1ccoc1)(C(=O)O)c1ccc(Cl)c(Cl)c1. The molecule has 1 unspecified atom stereocenters. The van der Waals surface area contributed by atoms with Crippen molar-refractivity contribution in [2.45, 2.75) is 25.3 Å². The molecule has 2 rings (SSSR count). The summed E-state index contributed by atoms with van der Waals surface area (Å²) in [5, 5.41) is 12.6. The Morgan fingerprint density at radius 2 is 2.00 bits per heavy atom. The summed E-state index contributed by atoms with van der Waals surface area (Å²) in [6, 6.07) is 6.22. The summed E-state index contributed by atoms with van der Waals surface area (Å²) < 4.78 is 4.93. The van der Waals surface area contributed by atoms with Crippen LogP contribution in [-0.2, 0) is 21.5 Å². The van der Waals surface area contributed by atoms with Gasteiger partial charge in [0.2, 0.25) is 5.91 Å². The zero-order valence-electron chi connectivity index (χ0n) is 12.3. The van der Waals surface area contributed by atoms with Crippen LogP contribution in [0, 0.1) is 0 Å². The molecule has 1 atom stereocenters. The summed E-state index contributed by atoms with van der Waals surface area (Å²) >= 11 is 11.8. The summed E-state index contributed by atoms with van der Waals surface area (Å²) in [5.74, 6) is -1.57. The summed E-state index contributed by atoms with van der Waals surface area (Å²) in [6.45, 7) is 1.41. The van der Waals surface area contributed by atoms with Crippen LogP contribution in [0.5, 0.6) is 0 Å². The number of hydrogen-bond donors (Lipinski definition) is 2. The van der Waals surface area contributed by atoms with Crippen molar-refractivity contribution >= 4 is 35.1 Å². The third-order valence-electron chi connectivity index (χ3n) is 3.53. The number of halogens is 2. The van der Waals surface area contributed by atoms with Crippen LogP contribution in [0.2, 0.25) is 10.0 Å². The Balaban J connectivity index is 2.14. The lowest BCUT2D eigenvalue weighted by Crippen LogP contribution is -2.49. The summed E-state index contributed by atoms with van der Waals surface area (Å²) in [6.07, 6.45) is 3.66. The molecule has 0 aliphatic heterocycles. The number of aryl methyl sites for hydroxylation is 1. The van der Waals surface area contributed by atoms with Gasteiger partial charge in [0.15, 0.2) is 5.54 Å². The molecule has 7 heteroatoms. The fourth-order valence-electron chi connectivity index (χ4n) is 2.09. The van der Waals surface area contributed by atoms with Gasteiger partial charge >= 0.3 is 5.97 Å². The normalized spacial score (nSPS) is 13.3. The van der Waals surface area contributed by atoms with E-state index in [-0.39, 0.29) is 17.4 Å². The molecule has 0 radical (unpaired) electrons. The summed E-state index contributed by atoms with van der Waals surface area (Å²) in [4.78, 5) is 23.8. The van der Waals surface area contributed by atoms with Crippen LogP contribution in [0.4, 0.5) is 0 Å². The molecule has 0 bridgehead atoms. The average molecular weight is 356 g/mol. The van der Waals surface area contributed by atoms with E-state index in [2.05, 4.69) is 5.32 Å². The average Bonchev–Trinajstić information content (AvgIpc) is 3.01. The Morgan fingerprint density at radius 1 is 1.26 bits per heavy atom. The van der Waals surface area contributed by atoms with Crippen LogP contribution in [0.3, 0.4) is 0 Å². The lowest BCUT2D eigenvalue weighted by Gasteiger charge is -2.27. The number of amides is 1. The number of aliphatic carboxylic acids is 1. The number of hydrogen-bond acceptors (Lipinski definition) is 3. The van der Waals surface area contributed by atoms with Gasteiger partial charge in [-0.15, -0.1) is 0 Å². The topological polar surface area (TPSA) is 79.5 Å². The number of furan rings is 1. The van der Waals surface area contributed by atoms with Gasteiger partial charge in [0.25, 0.3) is 0 Å². The van der Waals surface area contributed by atoms with Gasteiger partial charge in [0, 0.05) is 6.42 Å². The standard InChI is InChI=1S/C16H15Cl2NO4/c1-16(15(21)22,11-3-4-12(17)13(18)8-11)19-14(20)5-2-10-6-7-23-9-10/h3-4,6-9H,2,5H2,1H3,(H,19,20)(H,21,22). The molecule has 0 aliphatic carbocycles. The van der Waals surface area contributed by atoms with Gasteiger partial charge in [0.1, 0.15) is 0 Å². The highest BCUT2D eigenvalue weighted by Crippen LogP contribution is 2.29. The van der Waals surface area contributed by atoms with Gasteiger partial charge < -0.3 is 14.8 Å². The zero-order chi connectivity index (χ0) is 17.0. The van der Waals surface area contributed by atoms with E-state index in [0.717, 1.165) is 5.56 Å². The summed E-state index contributed by atoms with van der Waals surface area (Å²) in [7, 11) is 0. The highest BCUT2D eigenvalue weighted by Gasteiger charge is 2.37. The number of benzene rings is 1. The first-order valence-electron chi connectivity index (χ1n) is 6.84. The Bertz CT molecular complexity index is 715. The lowest BCUT2D eigenvalue weighted by atomic mass is 9.91. The molecular formula is C16H15Cl2NO4. The van der Waals surface area contributed by atoms with Gasteiger partial charge in [-0.25, -0.2) is 4.79 Å². The second kappa shape index (κ2) is 7.06. The van der Waals surface area contributed by atoms with E-state index in [4.69, 9.17) is 27.6 Å². The number of carboxylic acids is 1. The first-order chi connectivity index (χ1) is 10.8. The second-order valence-corrected chi connectivity index (χ2v) is 6.05. The third-order valence-corrected chi connectivity index (χ3v) is 4.27. The zero-order valence-corrected chi connectivity index (χ0v) is 13.8. The molecule has 1 heterocycles. The molecule has 2 N–H and O–H groups in total. The molecule has 0 saturated carbocycles. The molecule has 0 saturated heterocycles. The molecule has 5 nitrogen and oxygen atoms in total. The van der Waals surface area contributed by atoms with E-state index in [0.29, 0.717) is 17.0 Å². The van der Waals surface area contributed by atoms with E-state index in [1.54, 1.807) is 12.3 Å². The second-order valence-electron chi connectivity index (χ2n) is 5.24. The Kier molecular flexibility index (Phi) is 5.34. The van der Waals surface area contributed by atoms with E-state index >= 15 is 0 Å². The largest absolute Gasteiger partial charge is 0.479 e. The lowest BCUT2D eigenvalue weighted by molar-refractivity contribution is -0.147. The fraction of sp³-hybridized carbons (Fsp3) is 0.250. The maximum absolute atomic E-state index is 12.1. The van der Waals surface area contributed by atoms with Crippen LogP contribution in [0.25, 0.3) is 0 Å². The van der Waals surface area contributed by atoms with E-state index in [1.165, 1.54) is 31.4 Å². The van der Waals surface area contributed by atoms with Crippen molar-refractivity contribution in [2.75, 3.05) is 0 Å². The summed E-state index contributed by atoms with van der Waals surface area (Å²) in [5.41, 5.74) is -0.385. The van der Waals surface area contributed by atoms with Crippen molar-refractivity contribution in [3.05, 3.63) is 58.0 Å². The van der Waals surface area contributed by atoms with Crippen molar-refractivity contribution in [3.63, 3.8) is 0 Å². The van der Waals surface area contributed by atoms with Crippen LogP contribution >= 0.6 is 23.2 Å². The fourth-order valence-corrected chi connectivity index (χ4v) is 2.39. The van der Waals surface area contributed by atoms with Crippen LogP contribution in [0.15, 0.2) is 41.2 Å². The quantitative estimate of drug-likeness (QED) is 0.828. The molecule has 0 spiro atoms. The van der Waals surface area contributed by atoms with Gasteiger partial charge in [-0.2, -0.15) is 0 Å². The van der Waals surface area contributed by atoms with Crippen molar-refractivity contribution in [2.24, 2.45) is 0 Å². The molecule has 23 heavy (non-hydrogen) atoms. The molecule has 0 fully saturated rings. The number of nitrogens with one attached hydrogen (secondary N) is 1. The van der Waals surface area contributed by atoms with Crippen LogP contribution in [-0.4, -0.2) is 17.0 Å². The van der Waals surface area contributed by atoms with Crippen molar-refractivity contribution in [1.82, 2.24) is 5.32 Å². The van der Waals surface area contributed by atoms with Gasteiger partial charge in [-0.05, 0) is 42.7 Å². The molecule has 122 valence electrons. The van der Waals surface area contributed by atoms with E-state index < -0.39 is 11.5 Å². The number of carbonyl (C=O) groups excluding carboxylic acids is 1. The molecule has 0 aliphatic rings. The van der Waals surface area contributed by atoms with Crippen molar-refractivity contribution in [1.29, 1.82) is 0 Å². The highest BCUT2D eigenvalue weighted by atomic mass is 35.5. The van der Waals surface area contributed by atoms with Crippen LogP contribution in [0.1, 0.15) is 24.5 Å². The minimum atomic E-state index is -1.60. The van der Waals surface area contributed by atoms with Crippen molar-refractivity contribution in [3.8, 4) is 0 Å². The first-order valence-corrected chi connectivity index (χ1v) is 7.59. The Hall–Kier alpha value is -1.98. The van der Waals surface area contributed by atoms with Crippen LogP contribution < -0.4 is 5.32 Å². The molecule has 1 aromatic carbocycles. The molecule has 2 aromatic rings. The predicted octanol–water partition coefficient (Wildman–Crippen LogP) is 3.64. The minimum Gasteiger partial charge on any atom is -0.479 e. The molecule has 1 aromatic heterocycles. The predicted molar refractivity (Wildman–Crippen MR) is 86.6 cm³/mol. The smallest absolute Gasteiger partial charge is 0.333 e. The maximum Gasteiger partial charge on any atom is 0.333 e. The molecular weight excluding hydrogens is 341 g/mol. The number of carboxylic acid groups (broad SMARTS) is 1. The molecule has 1 amide bonds. The monoisotopic (exact) mass is 355 g/mol. The maximum atomic E-state index is 12.1. The number of rotatable bonds is 6. The first kappa shape index (κ1) is 17.4. The highest BCUT2D eigenvalue weighted by molar-refractivity contribution is 6.42. The Morgan fingerprint density at radius 3 is 2.57 bits per heavy atom. The van der Waals surface area contributed by atoms with E-state index in [9.17, 15) is 14.7 Å². The van der Waals surface area contributed by atoms with Gasteiger partial charge in [0.05, 0.1) is 22.6 Å². The van der Waals surface area contributed by atoms with Crippen molar-refractivity contribution < 1.29 is 19.1 Å². The van der Waals surface area contributed by atoms with Gasteiger partial charge in [-0.3, -0.25) is 4.79 Å². The minimum absolute atomic E-state index is 0.143. The number of carbonyl (C=O) groups is 2. The van der Waals surface area contributed by atoms with E-state index in [1.807, 2.05) is 0 Å². The Labute approximate surface area is 143 Å². The third kappa shape index (κ3) is 4.06.